The number of amides is 1. The average molecular weight is 294 g/mol. The largest absolute Gasteiger partial charge is 0.490 e. The van der Waals surface area contributed by atoms with Crippen LogP contribution in [0, 0.1) is 16.0 Å². The van der Waals surface area contributed by atoms with Crippen molar-refractivity contribution in [3.8, 4) is 5.75 Å². The molecule has 1 amide bonds. The lowest BCUT2D eigenvalue weighted by Crippen LogP contribution is -2.65. The molecule has 0 saturated carbocycles. The van der Waals surface area contributed by atoms with Crippen molar-refractivity contribution in [3.05, 3.63) is 33.9 Å². The standard InChI is InChI=1S/C14H18N2O5/c1-9(2)14(18)7-15(8-14)13(17)10-5-4-6-11(16(19)20)12(10)21-3/h4-6,9,18H,7-8H2,1-3H3. The Morgan fingerprint density at radius 2 is 2.10 bits per heavy atom. The molecule has 21 heavy (non-hydrogen) atoms. The highest BCUT2D eigenvalue weighted by Crippen LogP contribution is 2.35. The van der Waals surface area contributed by atoms with Crippen molar-refractivity contribution in [3.63, 3.8) is 0 Å². The number of β-amino-alcohol motifs (C(OH)–C–C–N with tert-alkyl or cyclic N) is 1. The third kappa shape index (κ3) is 2.56. The first-order valence-electron chi connectivity index (χ1n) is 6.63. The number of hydrogen-bond acceptors (Lipinski definition) is 5. The number of likely N-dealkylation sites (tertiary alicyclic amines) is 1. The number of methoxy groups -OCH3 is 1. The number of ether oxygens (including phenoxy) is 1. The van der Waals surface area contributed by atoms with Crippen LogP contribution in [0.15, 0.2) is 18.2 Å². The zero-order chi connectivity index (χ0) is 15.8. The van der Waals surface area contributed by atoms with Crippen LogP contribution in [-0.2, 0) is 0 Å². The molecule has 0 spiro atoms. The summed E-state index contributed by atoms with van der Waals surface area (Å²) < 4.78 is 5.03. The summed E-state index contributed by atoms with van der Waals surface area (Å²) in [6.45, 7) is 4.20. The molecule has 2 rings (SSSR count). The molecule has 1 heterocycles. The predicted octanol–water partition coefficient (Wildman–Crippen LogP) is 1.45. The normalized spacial score (nSPS) is 16.5. The fourth-order valence-electron chi connectivity index (χ4n) is 2.35. The van der Waals surface area contributed by atoms with Crippen LogP contribution in [0.3, 0.4) is 0 Å². The Kier molecular flexibility index (Phi) is 3.87. The molecule has 1 N–H and O–H groups in total. The van der Waals surface area contributed by atoms with Gasteiger partial charge in [-0.05, 0) is 12.0 Å². The van der Waals surface area contributed by atoms with Gasteiger partial charge < -0.3 is 14.7 Å². The third-order valence-electron chi connectivity index (χ3n) is 3.92. The SMILES string of the molecule is COc1c(C(=O)N2CC(O)(C(C)C)C2)cccc1[N+](=O)[O-]. The zero-order valence-electron chi connectivity index (χ0n) is 12.2. The number of nitrogens with zero attached hydrogens (tertiary/aromatic N) is 2. The van der Waals surface area contributed by atoms with E-state index in [0.29, 0.717) is 0 Å². The van der Waals surface area contributed by atoms with Crippen molar-refractivity contribution in [1.82, 2.24) is 4.90 Å². The molecule has 7 nitrogen and oxygen atoms in total. The van der Waals surface area contributed by atoms with E-state index in [1.54, 1.807) is 0 Å². The molecule has 1 aliphatic heterocycles. The van der Waals surface area contributed by atoms with Gasteiger partial charge in [0.05, 0.1) is 30.7 Å². The molecule has 0 aliphatic carbocycles. The van der Waals surface area contributed by atoms with E-state index < -0.39 is 10.5 Å². The van der Waals surface area contributed by atoms with Gasteiger partial charge in [-0.3, -0.25) is 14.9 Å². The van der Waals surface area contributed by atoms with Gasteiger partial charge in [0, 0.05) is 6.07 Å². The monoisotopic (exact) mass is 294 g/mol. The molecule has 1 fully saturated rings. The molecule has 0 radical (unpaired) electrons. The van der Waals surface area contributed by atoms with Crippen molar-refractivity contribution < 1.29 is 19.6 Å². The maximum Gasteiger partial charge on any atom is 0.311 e. The number of carbonyl (C=O) groups excluding carboxylic acids is 1. The Morgan fingerprint density at radius 3 is 2.57 bits per heavy atom. The molecule has 0 atom stereocenters. The second kappa shape index (κ2) is 5.33. The average Bonchev–Trinajstić information content (AvgIpc) is 2.41. The molecule has 1 saturated heterocycles. The summed E-state index contributed by atoms with van der Waals surface area (Å²) in [5.74, 6) is -0.387. The van der Waals surface area contributed by atoms with E-state index in [1.165, 1.54) is 30.2 Å². The molecular weight excluding hydrogens is 276 g/mol. The zero-order valence-corrected chi connectivity index (χ0v) is 12.2. The second-order valence-corrected chi connectivity index (χ2v) is 5.53. The Bertz CT molecular complexity index is 579. The maximum absolute atomic E-state index is 12.4. The van der Waals surface area contributed by atoms with E-state index in [-0.39, 0.29) is 41.9 Å². The van der Waals surface area contributed by atoms with Gasteiger partial charge in [0.15, 0.2) is 0 Å². The molecule has 7 heteroatoms. The number of nitro groups is 1. The number of carbonyl (C=O) groups is 1. The van der Waals surface area contributed by atoms with Gasteiger partial charge in [-0.25, -0.2) is 0 Å². The summed E-state index contributed by atoms with van der Waals surface area (Å²) in [7, 11) is 1.29. The molecule has 1 aliphatic rings. The van der Waals surface area contributed by atoms with Gasteiger partial charge >= 0.3 is 5.69 Å². The van der Waals surface area contributed by atoms with Gasteiger partial charge in [-0.1, -0.05) is 19.9 Å². The Hall–Kier alpha value is -2.15. The van der Waals surface area contributed by atoms with Crippen LogP contribution < -0.4 is 4.74 Å². The van der Waals surface area contributed by atoms with E-state index in [9.17, 15) is 20.0 Å². The number of para-hydroxylation sites is 1. The number of hydrogen-bond donors (Lipinski definition) is 1. The van der Waals surface area contributed by atoms with Crippen LogP contribution in [0.5, 0.6) is 5.75 Å². The minimum absolute atomic E-state index is 0.0357. The van der Waals surface area contributed by atoms with Gasteiger partial charge in [-0.2, -0.15) is 0 Å². The van der Waals surface area contributed by atoms with Crippen LogP contribution >= 0.6 is 0 Å². The summed E-state index contributed by atoms with van der Waals surface area (Å²) in [6, 6.07) is 4.22. The van der Waals surface area contributed by atoms with Crippen LogP contribution in [0.1, 0.15) is 24.2 Å². The molecule has 1 aromatic carbocycles. The quantitative estimate of drug-likeness (QED) is 0.670. The summed E-state index contributed by atoms with van der Waals surface area (Å²) >= 11 is 0. The summed E-state index contributed by atoms with van der Waals surface area (Å²) in [5.41, 5.74) is -0.996. The third-order valence-corrected chi connectivity index (χ3v) is 3.92. The van der Waals surface area contributed by atoms with Crippen molar-refractivity contribution in [1.29, 1.82) is 0 Å². The van der Waals surface area contributed by atoms with E-state index in [2.05, 4.69) is 0 Å². The summed E-state index contributed by atoms with van der Waals surface area (Å²) in [5, 5.41) is 21.2. The first-order valence-corrected chi connectivity index (χ1v) is 6.63. The lowest BCUT2D eigenvalue weighted by molar-refractivity contribution is -0.385. The molecular formula is C14H18N2O5. The molecule has 1 aromatic rings. The van der Waals surface area contributed by atoms with Gasteiger partial charge in [0.2, 0.25) is 5.75 Å². The predicted molar refractivity (Wildman–Crippen MR) is 75.3 cm³/mol. The van der Waals surface area contributed by atoms with Gasteiger partial charge in [0.1, 0.15) is 5.60 Å². The second-order valence-electron chi connectivity index (χ2n) is 5.53. The fraction of sp³-hybridized carbons (Fsp3) is 0.500. The van der Waals surface area contributed by atoms with Crippen LogP contribution in [0.4, 0.5) is 5.69 Å². The summed E-state index contributed by atoms with van der Waals surface area (Å²) in [6.07, 6.45) is 0. The van der Waals surface area contributed by atoms with E-state index in [0.717, 1.165) is 0 Å². The maximum atomic E-state index is 12.4. The molecule has 0 bridgehead atoms. The van der Waals surface area contributed by atoms with E-state index in [4.69, 9.17) is 4.74 Å². The van der Waals surface area contributed by atoms with Crippen molar-refractivity contribution >= 4 is 11.6 Å². The van der Waals surface area contributed by atoms with Crippen LogP contribution in [-0.4, -0.2) is 46.6 Å². The van der Waals surface area contributed by atoms with Crippen LogP contribution in [0.25, 0.3) is 0 Å². The Labute approximate surface area is 122 Å². The smallest absolute Gasteiger partial charge is 0.311 e. The van der Waals surface area contributed by atoms with Gasteiger partial charge in [-0.15, -0.1) is 0 Å². The Balaban J connectivity index is 2.26. The first-order chi connectivity index (χ1) is 9.80. The number of benzene rings is 1. The van der Waals surface area contributed by atoms with Crippen molar-refractivity contribution in [2.75, 3.05) is 20.2 Å². The first kappa shape index (κ1) is 15.2. The fourth-order valence-corrected chi connectivity index (χ4v) is 2.35. The number of rotatable bonds is 4. The van der Waals surface area contributed by atoms with E-state index >= 15 is 0 Å². The molecule has 0 unspecified atom stereocenters. The molecule has 114 valence electrons. The number of aliphatic hydroxyl groups is 1. The van der Waals surface area contributed by atoms with Crippen LogP contribution in [0.2, 0.25) is 0 Å². The van der Waals surface area contributed by atoms with Gasteiger partial charge in [0.25, 0.3) is 5.91 Å². The summed E-state index contributed by atoms with van der Waals surface area (Å²) in [4.78, 5) is 24.2. The Morgan fingerprint density at radius 1 is 1.48 bits per heavy atom. The topological polar surface area (TPSA) is 92.9 Å². The number of nitro benzene ring substituents is 1. The minimum Gasteiger partial charge on any atom is -0.490 e. The highest BCUT2D eigenvalue weighted by atomic mass is 16.6. The highest BCUT2D eigenvalue weighted by Gasteiger charge is 2.46. The lowest BCUT2D eigenvalue weighted by atomic mass is 9.82. The highest BCUT2D eigenvalue weighted by molar-refractivity contribution is 5.98. The van der Waals surface area contributed by atoms with Crippen molar-refractivity contribution in [2.45, 2.75) is 19.4 Å². The minimum atomic E-state index is -0.885. The van der Waals surface area contributed by atoms with Crippen molar-refractivity contribution in [2.24, 2.45) is 5.92 Å². The lowest BCUT2D eigenvalue weighted by Gasteiger charge is -2.49. The van der Waals surface area contributed by atoms with E-state index in [1.807, 2.05) is 13.8 Å². The molecule has 0 aromatic heterocycles.